The van der Waals surface area contributed by atoms with Gasteiger partial charge in [0.15, 0.2) is 5.78 Å². The molecular formula is C15H8Br2INO. The van der Waals surface area contributed by atoms with Crippen molar-refractivity contribution in [1.29, 1.82) is 0 Å². The summed E-state index contributed by atoms with van der Waals surface area (Å²) in [5, 5.41) is 0.926. The summed E-state index contributed by atoms with van der Waals surface area (Å²) in [7, 11) is 0. The molecule has 1 N–H and O–H groups in total. The molecule has 0 saturated carbocycles. The van der Waals surface area contributed by atoms with Crippen LogP contribution in [0.2, 0.25) is 0 Å². The number of fused-ring (bicyclic) bond motifs is 1. The van der Waals surface area contributed by atoms with E-state index in [-0.39, 0.29) is 5.78 Å². The zero-order chi connectivity index (χ0) is 14.3. The lowest BCUT2D eigenvalue weighted by atomic mass is 10.0. The van der Waals surface area contributed by atoms with Gasteiger partial charge in [-0.3, -0.25) is 4.79 Å². The highest BCUT2D eigenvalue weighted by Gasteiger charge is 2.17. The van der Waals surface area contributed by atoms with Gasteiger partial charge in [0.05, 0.1) is 0 Å². The normalized spacial score (nSPS) is 10.9. The van der Waals surface area contributed by atoms with Crippen LogP contribution in [0.15, 0.2) is 51.5 Å². The molecule has 0 spiro atoms. The number of benzene rings is 2. The monoisotopic (exact) mass is 503 g/mol. The van der Waals surface area contributed by atoms with Crippen LogP contribution in [0.5, 0.6) is 0 Å². The molecule has 0 bridgehead atoms. The highest BCUT2D eigenvalue weighted by molar-refractivity contribution is 14.1. The molecule has 0 aliphatic carbocycles. The van der Waals surface area contributed by atoms with E-state index in [1.54, 1.807) is 6.20 Å². The Morgan fingerprint density at radius 3 is 2.65 bits per heavy atom. The molecule has 0 radical (unpaired) electrons. The van der Waals surface area contributed by atoms with Gasteiger partial charge in [-0.15, -0.1) is 0 Å². The van der Waals surface area contributed by atoms with Gasteiger partial charge in [-0.1, -0.05) is 31.9 Å². The Hall–Kier alpha value is -0.660. The third kappa shape index (κ3) is 2.58. The smallest absolute Gasteiger partial charge is 0.196 e. The predicted molar refractivity (Wildman–Crippen MR) is 96.3 cm³/mol. The van der Waals surface area contributed by atoms with Crippen molar-refractivity contribution in [2.24, 2.45) is 0 Å². The molecule has 100 valence electrons. The molecule has 5 heteroatoms. The van der Waals surface area contributed by atoms with Gasteiger partial charge in [-0.2, -0.15) is 0 Å². The molecule has 20 heavy (non-hydrogen) atoms. The van der Waals surface area contributed by atoms with Gasteiger partial charge in [0.2, 0.25) is 0 Å². The van der Waals surface area contributed by atoms with Gasteiger partial charge >= 0.3 is 0 Å². The first-order valence-electron chi connectivity index (χ1n) is 5.82. The molecule has 0 atom stereocenters. The minimum Gasteiger partial charge on any atom is -0.360 e. The standard InChI is InChI=1S/C15H8Br2INO/c16-8-1-4-14-10(5-8)12(7-19-14)15(20)11-6-9(18)2-3-13(11)17/h1-7,19H. The number of hydrogen-bond acceptors (Lipinski definition) is 1. The third-order valence-electron chi connectivity index (χ3n) is 3.06. The average molecular weight is 505 g/mol. The maximum absolute atomic E-state index is 12.7. The second-order valence-electron chi connectivity index (χ2n) is 4.35. The summed E-state index contributed by atoms with van der Waals surface area (Å²) in [6.45, 7) is 0. The number of ketones is 1. The molecule has 0 aliphatic heterocycles. The van der Waals surface area contributed by atoms with Crippen LogP contribution in [0.25, 0.3) is 10.9 Å². The van der Waals surface area contributed by atoms with E-state index >= 15 is 0 Å². The lowest BCUT2D eigenvalue weighted by Crippen LogP contribution is -2.02. The Morgan fingerprint density at radius 2 is 1.85 bits per heavy atom. The zero-order valence-corrected chi connectivity index (χ0v) is 15.4. The maximum Gasteiger partial charge on any atom is 0.196 e. The Bertz CT molecular complexity index is 826. The summed E-state index contributed by atoms with van der Waals surface area (Å²) in [6.07, 6.45) is 1.77. The van der Waals surface area contributed by atoms with Crippen molar-refractivity contribution < 1.29 is 4.79 Å². The molecule has 3 rings (SSSR count). The van der Waals surface area contributed by atoms with Crippen LogP contribution in [0.3, 0.4) is 0 Å². The summed E-state index contributed by atoms with van der Waals surface area (Å²) >= 11 is 9.11. The van der Waals surface area contributed by atoms with E-state index in [1.165, 1.54) is 0 Å². The zero-order valence-electron chi connectivity index (χ0n) is 10.1. The van der Waals surface area contributed by atoms with Gasteiger partial charge in [0, 0.05) is 40.7 Å². The van der Waals surface area contributed by atoms with Crippen molar-refractivity contribution in [3.05, 3.63) is 66.2 Å². The van der Waals surface area contributed by atoms with Crippen LogP contribution in [-0.4, -0.2) is 10.8 Å². The summed E-state index contributed by atoms with van der Waals surface area (Å²) in [5.74, 6) is 0.0136. The number of rotatable bonds is 2. The molecule has 0 amide bonds. The van der Waals surface area contributed by atoms with Gasteiger partial charge in [0.25, 0.3) is 0 Å². The molecule has 0 aliphatic rings. The van der Waals surface area contributed by atoms with E-state index in [4.69, 9.17) is 0 Å². The van der Waals surface area contributed by atoms with Crippen molar-refractivity contribution in [1.82, 2.24) is 4.98 Å². The predicted octanol–water partition coefficient (Wildman–Crippen LogP) is 5.53. The van der Waals surface area contributed by atoms with E-state index in [9.17, 15) is 4.79 Å². The molecule has 0 unspecified atom stereocenters. The van der Waals surface area contributed by atoms with Crippen LogP contribution in [0.4, 0.5) is 0 Å². The lowest BCUT2D eigenvalue weighted by Gasteiger charge is -2.04. The summed E-state index contributed by atoms with van der Waals surface area (Å²) in [4.78, 5) is 15.9. The molecule has 2 nitrogen and oxygen atoms in total. The van der Waals surface area contributed by atoms with Crippen molar-refractivity contribution in [3.8, 4) is 0 Å². The fraction of sp³-hybridized carbons (Fsp3) is 0. The lowest BCUT2D eigenvalue weighted by molar-refractivity contribution is 0.103. The number of carbonyl (C=O) groups excluding carboxylic acids is 1. The number of hydrogen-bond donors (Lipinski definition) is 1. The number of nitrogens with one attached hydrogen (secondary N) is 1. The Morgan fingerprint density at radius 1 is 1.05 bits per heavy atom. The number of halogens is 3. The summed E-state index contributed by atoms with van der Waals surface area (Å²) in [5.41, 5.74) is 2.32. The molecule has 2 aromatic carbocycles. The third-order valence-corrected chi connectivity index (χ3v) is 4.92. The molecular weight excluding hydrogens is 497 g/mol. The SMILES string of the molecule is O=C(c1cc(I)ccc1Br)c1c[nH]c2ccc(Br)cc12. The van der Waals surface area contributed by atoms with Gasteiger partial charge in [-0.25, -0.2) is 0 Å². The van der Waals surface area contributed by atoms with E-state index < -0.39 is 0 Å². The maximum atomic E-state index is 12.7. The minimum atomic E-state index is 0.0136. The number of aromatic amines is 1. The molecule has 3 aromatic rings. The van der Waals surface area contributed by atoms with Crippen LogP contribution in [-0.2, 0) is 0 Å². The average Bonchev–Trinajstić information content (AvgIpc) is 2.83. The number of H-pyrrole nitrogens is 1. The molecule has 1 aromatic heterocycles. The first kappa shape index (κ1) is 14.3. The van der Waals surface area contributed by atoms with Crippen molar-refractivity contribution in [2.75, 3.05) is 0 Å². The first-order chi connectivity index (χ1) is 9.56. The van der Waals surface area contributed by atoms with Crippen LogP contribution in [0.1, 0.15) is 15.9 Å². The highest BCUT2D eigenvalue weighted by Crippen LogP contribution is 2.28. The fourth-order valence-corrected chi connectivity index (χ4v) is 3.38. The fourth-order valence-electron chi connectivity index (χ4n) is 2.10. The summed E-state index contributed by atoms with van der Waals surface area (Å²) < 4.78 is 2.81. The largest absolute Gasteiger partial charge is 0.360 e. The van der Waals surface area contributed by atoms with Crippen LogP contribution >= 0.6 is 54.5 Å². The quantitative estimate of drug-likeness (QED) is 0.361. The number of carbonyl (C=O) groups is 1. The Labute approximate surface area is 146 Å². The van der Waals surface area contributed by atoms with Crippen LogP contribution < -0.4 is 0 Å². The molecule has 0 fully saturated rings. The van der Waals surface area contributed by atoms with Gasteiger partial charge in [0.1, 0.15) is 0 Å². The van der Waals surface area contributed by atoms with Crippen molar-refractivity contribution >= 4 is 71.1 Å². The number of aromatic nitrogens is 1. The van der Waals surface area contributed by atoms with E-state index in [0.717, 1.165) is 23.4 Å². The summed E-state index contributed by atoms with van der Waals surface area (Å²) in [6, 6.07) is 11.6. The topological polar surface area (TPSA) is 32.9 Å². The van der Waals surface area contributed by atoms with Gasteiger partial charge < -0.3 is 4.98 Å². The van der Waals surface area contributed by atoms with E-state index in [2.05, 4.69) is 59.4 Å². The van der Waals surface area contributed by atoms with E-state index in [0.29, 0.717) is 11.1 Å². The Kier molecular flexibility index (Phi) is 4.01. The molecule has 1 heterocycles. The molecule has 0 saturated heterocycles. The second-order valence-corrected chi connectivity index (χ2v) is 7.36. The van der Waals surface area contributed by atoms with Crippen molar-refractivity contribution in [2.45, 2.75) is 0 Å². The minimum absolute atomic E-state index is 0.0136. The highest BCUT2D eigenvalue weighted by atomic mass is 127. The first-order valence-corrected chi connectivity index (χ1v) is 8.49. The second kappa shape index (κ2) is 5.61. The van der Waals surface area contributed by atoms with Crippen LogP contribution in [0, 0.1) is 3.57 Å². The van der Waals surface area contributed by atoms with Crippen molar-refractivity contribution in [3.63, 3.8) is 0 Å². The van der Waals surface area contributed by atoms with E-state index in [1.807, 2.05) is 36.4 Å². The Balaban J connectivity index is 2.17. The van der Waals surface area contributed by atoms with Gasteiger partial charge in [-0.05, 0) is 59.0 Å².